The van der Waals surface area contributed by atoms with Crippen LogP contribution in [-0.4, -0.2) is 97.3 Å². The highest BCUT2D eigenvalue weighted by Gasteiger charge is 2.30. The first-order valence-electron chi connectivity index (χ1n) is 12.4. The largest absolute Gasteiger partial charge is 0.493 e. The second kappa shape index (κ2) is 13.0. The molecule has 0 saturated heterocycles. The molecule has 2 aromatic carbocycles. The Kier molecular flexibility index (Phi) is 9.98. The number of Topliss-reactive ketones (excluding diaryl/α,β-unsaturated/α-hetero) is 1. The number of hydrogen-bond donors (Lipinski definition) is 0. The van der Waals surface area contributed by atoms with E-state index in [2.05, 4.69) is 0 Å². The monoisotopic (exact) mass is 548 g/mol. The van der Waals surface area contributed by atoms with E-state index >= 15 is 0 Å². The molecule has 0 unspecified atom stereocenters. The Balaban J connectivity index is 1.49. The lowest BCUT2D eigenvalue weighted by atomic mass is 10.0. The van der Waals surface area contributed by atoms with E-state index in [1.807, 2.05) is 11.9 Å². The van der Waals surface area contributed by atoms with Gasteiger partial charge in [-0.3, -0.25) is 9.59 Å². The van der Waals surface area contributed by atoms with Gasteiger partial charge >= 0.3 is 0 Å². The number of hydrogen-bond acceptors (Lipinski definition) is 9. The Labute approximate surface area is 224 Å². The molecule has 38 heavy (non-hydrogen) atoms. The molecule has 10 nitrogen and oxygen atoms in total. The fourth-order valence-corrected chi connectivity index (χ4v) is 5.77. The third-order valence-electron chi connectivity index (χ3n) is 6.62. The average Bonchev–Trinajstić information content (AvgIpc) is 3.03. The maximum absolute atomic E-state index is 12.9. The summed E-state index contributed by atoms with van der Waals surface area (Å²) >= 11 is 0. The summed E-state index contributed by atoms with van der Waals surface area (Å²) in [6.07, 6.45) is 1.64. The van der Waals surface area contributed by atoms with E-state index in [0.29, 0.717) is 74.0 Å². The number of carbonyl (C=O) groups excluding carboxylic acids is 2. The van der Waals surface area contributed by atoms with Crippen molar-refractivity contribution < 1.29 is 37.0 Å². The average molecular weight is 549 g/mol. The van der Waals surface area contributed by atoms with Crippen LogP contribution in [0, 0.1) is 0 Å². The van der Waals surface area contributed by atoms with Crippen LogP contribution >= 0.6 is 0 Å². The van der Waals surface area contributed by atoms with E-state index in [4.69, 9.17) is 18.9 Å². The molecule has 1 aliphatic heterocycles. The molecular weight excluding hydrogens is 512 g/mol. The Bertz CT molecular complexity index is 1260. The molecule has 3 rings (SSSR count). The number of methoxy groups -OCH3 is 4. The van der Waals surface area contributed by atoms with Crippen LogP contribution in [0.25, 0.3) is 0 Å². The van der Waals surface area contributed by atoms with Crippen LogP contribution in [0.1, 0.15) is 28.8 Å². The van der Waals surface area contributed by atoms with E-state index in [-0.39, 0.29) is 10.6 Å². The summed E-state index contributed by atoms with van der Waals surface area (Å²) in [5.74, 6) is 0.696. The molecule has 11 heteroatoms. The molecule has 208 valence electrons. The summed E-state index contributed by atoms with van der Waals surface area (Å²) < 4.78 is 46.5. The van der Waals surface area contributed by atoms with Gasteiger partial charge in [0.1, 0.15) is 0 Å². The molecule has 0 radical (unpaired) electrons. The van der Waals surface area contributed by atoms with Gasteiger partial charge < -0.3 is 28.7 Å². The second-order valence-corrected chi connectivity index (χ2v) is 11.2. The van der Waals surface area contributed by atoms with Gasteiger partial charge in [0, 0.05) is 24.7 Å². The predicted octanol–water partition coefficient (Wildman–Crippen LogP) is 2.47. The van der Waals surface area contributed by atoms with Crippen molar-refractivity contribution >= 4 is 21.5 Å². The number of amides is 1. The van der Waals surface area contributed by atoms with Crippen molar-refractivity contribution in [3.8, 4) is 23.0 Å². The van der Waals surface area contributed by atoms with Gasteiger partial charge in [-0.1, -0.05) is 0 Å². The fraction of sp³-hybridized carbons (Fsp3) is 0.481. The standard InChI is InChI=1S/C27H36N2O8S/c1-28(12-7-15-38(32,33)20-8-9-22(34-2)24(17-20)36-4)11-6-13-29-14-10-19-16-23(35-3)25(37-5)18-21(19)26(30)27(29)31/h8-9,16-18H,6-7,10-15H2,1-5H3. The normalized spacial score (nSPS) is 13.8. The minimum Gasteiger partial charge on any atom is -0.493 e. The first-order valence-corrected chi connectivity index (χ1v) is 14.0. The lowest BCUT2D eigenvalue weighted by molar-refractivity contribution is -0.126. The van der Waals surface area contributed by atoms with Crippen LogP contribution in [0.3, 0.4) is 0 Å². The lowest BCUT2D eigenvalue weighted by Crippen LogP contribution is -2.38. The zero-order valence-electron chi connectivity index (χ0n) is 22.6. The van der Waals surface area contributed by atoms with Crippen molar-refractivity contribution in [3.05, 3.63) is 41.5 Å². The summed E-state index contributed by atoms with van der Waals surface area (Å²) in [5.41, 5.74) is 1.11. The number of fused-ring (bicyclic) bond motifs is 1. The SMILES string of the molecule is COc1ccc(S(=O)(=O)CCCN(C)CCCN2CCc3cc(OC)c(OC)cc3C(=O)C2=O)cc1OC. The number of sulfone groups is 1. The zero-order valence-corrected chi connectivity index (χ0v) is 23.4. The summed E-state index contributed by atoms with van der Waals surface area (Å²) in [4.78, 5) is 29.5. The molecule has 0 aromatic heterocycles. The summed E-state index contributed by atoms with van der Waals surface area (Å²) in [6, 6.07) is 7.90. The van der Waals surface area contributed by atoms with Crippen LogP contribution in [-0.2, 0) is 21.1 Å². The molecule has 0 bridgehead atoms. The third kappa shape index (κ3) is 6.76. The van der Waals surface area contributed by atoms with Crippen molar-refractivity contribution in [1.82, 2.24) is 9.80 Å². The highest BCUT2D eigenvalue weighted by molar-refractivity contribution is 7.91. The van der Waals surface area contributed by atoms with Crippen molar-refractivity contribution in [2.45, 2.75) is 24.2 Å². The Morgan fingerprint density at radius 2 is 1.45 bits per heavy atom. The molecule has 1 heterocycles. The van der Waals surface area contributed by atoms with Crippen LogP contribution in [0.4, 0.5) is 0 Å². The number of nitrogens with zero attached hydrogens (tertiary/aromatic N) is 2. The molecule has 1 aliphatic rings. The maximum atomic E-state index is 12.9. The Morgan fingerprint density at radius 3 is 2.11 bits per heavy atom. The predicted molar refractivity (Wildman–Crippen MR) is 142 cm³/mol. The van der Waals surface area contributed by atoms with Crippen LogP contribution in [0.15, 0.2) is 35.2 Å². The summed E-state index contributed by atoms with van der Waals surface area (Å²) in [7, 11) is 4.41. The van der Waals surface area contributed by atoms with Crippen molar-refractivity contribution in [3.63, 3.8) is 0 Å². The number of ketones is 1. The van der Waals surface area contributed by atoms with E-state index in [9.17, 15) is 18.0 Å². The van der Waals surface area contributed by atoms with Gasteiger partial charge in [0.15, 0.2) is 32.8 Å². The number of ether oxygens (including phenoxy) is 4. The van der Waals surface area contributed by atoms with Crippen LogP contribution in [0.2, 0.25) is 0 Å². The maximum Gasteiger partial charge on any atom is 0.294 e. The highest BCUT2D eigenvalue weighted by Crippen LogP contribution is 2.33. The van der Waals surface area contributed by atoms with E-state index in [1.165, 1.54) is 40.6 Å². The molecular formula is C27H36N2O8S. The minimum absolute atomic E-state index is 0.00286. The van der Waals surface area contributed by atoms with Crippen LogP contribution < -0.4 is 18.9 Å². The zero-order chi connectivity index (χ0) is 27.9. The molecule has 0 saturated carbocycles. The van der Waals surface area contributed by atoms with Crippen molar-refractivity contribution in [1.29, 1.82) is 0 Å². The van der Waals surface area contributed by atoms with Crippen molar-refractivity contribution in [2.75, 3.05) is 67.4 Å². The van der Waals surface area contributed by atoms with E-state index in [1.54, 1.807) is 23.1 Å². The smallest absolute Gasteiger partial charge is 0.294 e. The van der Waals surface area contributed by atoms with Gasteiger partial charge in [0.05, 0.1) is 39.1 Å². The third-order valence-corrected chi connectivity index (χ3v) is 8.42. The van der Waals surface area contributed by atoms with E-state index in [0.717, 1.165) is 5.56 Å². The molecule has 1 amide bonds. The molecule has 0 fully saturated rings. The van der Waals surface area contributed by atoms with Gasteiger partial charge in [0.2, 0.25) is 0 Å². The first-order chi connectivity index (χ1) is 18.1. The summed E-state index contributed by atoms with van der Waals surface area (Å²) in [6.45, 7) is 2.09. The van der Waals surface area contributed by atoms with Gasteiger partial charge in [-0.15, -0.1) is 0 Å². The summed E-state index contributed by atoms with van der Waals surface area (Å²) in [5, 5.41) is 0. The van der Waals surface area contributed by atoms with Crippen molar-refractivity contribution in [2.24, 2.45) is 0 Å². The number of benzene rings is 2. The van der Waals surface area contributed by atoms with Gasteiger partial charge in [-0.05, 0) is 69.2 Å². The molecule has 0 N–H and O–H groups in total. The van der Waals surface area contributed by atoms with Gasteiger partial charge in [-0.25, -0.2) is 8.42 Å². The molecule has 0 aliphatic carbocycles. The highest BCUT2D eigenvalue weighted by atomic mass is 32.2. The topological polar surface area (TPSA) is 112 Å². The Morgan fingerprint density at radius 1 is 0.842 bits per heavy atom. The second-order valence-electron chi connectivity index (χ2n) is 9.08. The van der Waals surface area contributed by atoms with Gasteiger partial charge in [0.25, 0.3) is 11.7 Å². The fourth-order valence-electron chi connectivity index (χ4n) is 4.46. The molecule has 2 aromatic rings. The first kappa shape index (κ1) is 29.2. The Hall–Kier alpha value is -3.31. The number of rotatable bonds is 13. The minimum atomic E-state index is -3.48. The van der Waals surface area contributed by atoms with Gasteiger partial charge in [-0.2, -0.15) is 0 Å². The molecule has 0 atom stereocenters. The van der Waals surface area contributed by atoms with E-state index < -0.39 is 21.5 Å². The quantitative estimate of drug-likeness (QED) is 0.349. The van der Waals surface area contributed by atoms with Crippen LogP contribution in [0.5, 0.6) is 23.0 Å². The molecule has 0 spiro atoms. The number of carbonyl (C=O) groups is 2. The lowest BCUT2D eigenvalue weighted by Gasteiger charge is -2.22.